The van der Waals surface area contributed by atoms with Crippen molar-refractivity contribution in [1.82, 2.24) is 10.3 Å². The van der Waals surface area contributed by atoms with Crippen LogP contribution in [0.15, 0.2) is 47.8 Å². The van der Waals surface area contributed by atoms with E-state index in [0.29, 0.717) is 23.9 Å². The Morgan fingerprint density at radius 2 is 1.97 bits per heavy atom. The Morgan fingerprint density at radius 1 is 1.14 bits per heavy atom. The molecule has 8 heteroatoms. The Morgan fingerprint density at radius 3 is 2.74 bits per heavy atom. The van der Waals surface area contributed by atoms with Crippen LogP contribution in [0.2, 0.25) is 0 Å². The van der Waals surface area contributed by atoms with Gasteiger partial charge in [-0.05, 0) is 48.9 Å². The second-order valence-electron chi connectivity index (χ2n) is 8.57. The van der Waals surface area contributed by atoms with Crippen LogP contribution in [0.4, 0.5) is 5.13 Å². The van der Waals surface area contributed by atoms with E-state index in [4.69, 9.17) is 9.47 Å². The second-order valence-corrected chi connectivity index (χ2v) is 9.43. The number of hydrogen-bond donors (Lipinski definition) is 2. The Hall–Kier alpha value is -3.39. The smallest absolute Gasteiger partial charge is 0.257 e. The van der Waals surface area contributed by atoms with Gasteiger partial charge in [-0.2, -0.15) is 0 Å². The maximum Gasteiger partial charge on any atom is 0.257 e. The van der Waals surface area contributed by atoms with Crippen LogP contribution in [0.25, 0.3) is 11.3 Å². The number of anilines is 1. The molecule has 0 bridgehead atoms. The van der Waals surface area contributed by atoms with E-state index in [0.717, 1.165) is 41.2 Å². The van der Waals surface area contributed by atoms with Gasteiger partial charge in [-0.3, -0.25) is 14.9 Å². The lowest BCUT2D eigenvalue weighted by Crippen LogP contribution is -2.30. The lowest BCUT2D eigenvalue weighted by Gasteiger charge is -2.26. The summed E-state index contributed by atoms with van der Waals surface area (Å²) in [7, 11) is 0. The van der Waals surface area contributed by atoms with Gasteiger partial charge in [-0.15, -0.1) is 11.3 Å². The molecule has 1 atom stereocenters. The van der Waals surface area contributed by atoms with E-state index in [9.17, 15) is 9.59 Å². The second kappa shape index (κ2) is 11.8. The zero-order valence-electron chi connectivity index (χ0n) is 20.1. The highest BCUT2D eigenvalue weighted by atomic mass is 32.1. The average molecular weight is 494 g/mol. The van der Waals surface area contributed by atoms with Gasteiger partial charge >= 0.3 is 0 Å². The van der Waals surface area contributed by atoms with Crippen LogP contribution in [0, 0.1) is 0 Å². The van der Waals surface area contributed by atoms with E-state index in [-0.39, 0.29) is 17.9 Å². The zero-order chi connectivity index (χ0) is 24.6. The molecule has 0 fully saturated rings. The number of unbranched alkanes of at least 4 members (excludes halogenated alkanes) is 3. The fourth-order valence-electron chi connectivity index (χ4n) is 4.00. The molecule has 35 heavy (non-hydrogen) atoms. The SMILES string of the molecule is CCCCCCOc1ccc(C(=O)Nc2nc(-c3ccc4c(c3)C(NC(C)=O)CCO4)cs2)cc1. The van der Waals surface area contributed by atoms with Crippen molar-refractivity contribution in [3.05, 3.63) is 59.0 Å². The molecular formula is C27H31N3O4S. The maximum absolute atomic E-state index is 12.7. The number of benzene rings is 2. The number of ether oxygens (including phenoxy) is 2. The number of nitrogens with zero attached hydrogens (tertiary/aromatic N) is 1. The molecule has 2 N–H and O–H groups in total. The summed E-state index contributed by atoms with van der Waals surface area (Å²) in [6.07, 6.45) is 5.35. The largest absolute Gasteiger partial charge is 0.494 e. The molecule has 1 aliphatic rings. The van der Waals surface area contributed by atoms with E-state index in [1.807, 2.05) is 35.7 Å². The third-order valence-corrected chi connectivity index (χ3v) is 6.59. The molecule has 0 aliphatic carbocycles. The first-order valence-electron chi connectivity index (χ1n) is 12.1. The molecular weight excluding hydrogens is 462 g/mol. The van der Waals surface area contributed by atoms with Gasteiger partial charge in [0.25, 0.3) is 5.91 Å². The lowest BCUT2D eigenvalue weighted by molar-refractivity contribution is -0.119. The molecule has 3 aromatic rings. The molecule has 7 nitrogen and oxygen atoms in total. The zero-order valence-corrected chi connectivity index (χ0v) is 21.0. The van der Waals surface area contributed by atoms with Gasteiger partial charge in [0.2, 0.25) is 5.91 Å². The lowest BCUT2D eigenvalue weighted by atomic mass is 9.97. The average Bonchev–Trinajstić information content (AvgIpc) is 3.32. The molecule has 184 valence electrons. The summed E-state index contributed by atoms with van der Waals surface area (Å²) in [4.78, 5) is 28.9. The number of rotatable bonds is 10. The van der Waals surface area contributed by atoms with Gasteiger partial charge in [0, 0.05) is 35.4 Å². The van der Waals surface area contributed by atoms with Crippen LogP contribution in [-0.4, -0.2) is 30.0 Å². The van der Waals surface area contributed by atoms with Crippen LogP contribution in [0.3, 0.4) is 0 Å². The molecule has 2 aromatic carbocycles. The minimum atomic E-state index is -0.218. The molecule has 4 rings (SSSR count). The predicted molar refractivity (Wildman–Crippen MR) is 138 cm³/mol. The van der Waals surface area contributed by atoms with Crippen molar-refractivity contribution in [1.29, 1.82) is 0 Å². The van der Waals surface area contributed by atoms with Crippen molar-refractivity contribution >= 4 is 28.3 Å². The summed E-state index contributed by atoms with van der Waals surface area (Å²) >= 11 is 1.37. The Bertz CT molecular complexity index is 1160. The summed E-state index contributed by atoms with van der Waals surface area (Å²) in [5, 5.41) is 8.29. The van der Waals surface area contributed by atoms with E-state index in [1.165, 1.54) is 37.5 Å². The quantitative estimate of drug-likeness (QED) is 0.339. The fourth-order valence-corrected chi connectivity index (χ4v) is 4.72. The first-order chi connectivity index (χ1) is 17.0. The van der Waals surface area contributed by atoms with Crippen LogP contribution in [0.1, 0.15) is 67.9 Å². The van der Waals surface area contributed by atoms with Crippen LogP contribution in [-0.2, 0) is 4.79 Å². The summed E-state index contributed by atoms with van der Waals surface area (Å²) in [6.45, 7) is 4.96. The highest BCUT2D eigenvalue weighted by Gasteiger charge is 2.23. The van der Waals surface area contributed by atoms with E-state index < -0.39 is 0 Å². The van der Waals surface area contributed by atoms with E-state index in [2.05, 4.69) is 22.5 Å². The number of aromatic nitrogens is 1. The standard InChI is InChI=1S/C27H31N3O4S/c1-3-4-5-6-14-33-21-10-7-19(8-11-21)26(32)30-27-29-24(17-35-27)20-9-12-25-22(16-20)23(13-15-34-25)28-18(2)31/h7-12,16-17,23H,3-6,13-15H2,1-2H3,(H,28,31)(H,29,30,32). The highest BCUT2D eigenvalue weighted by molar-refractivity contribution is 7.14. The maximum atomic E-state index is 12.7. The minimum Gasteiger partial charge on any atom is -0.494 e. The first-order valence-corrected chi connectivity index (χ1v) is 13.0. The van der Waals surface area contributed by atoms with Crippen molar-refractivity contribution in [2.75, 3.05) is 18.5 Å². The Kier molecular flexibility index (Phi) is 8.36. The molecule has 1 aliphatic heterocycles. The number of amides is 2. The first kappa shape index (κ1) is 24.7. The molecule has 0 saturated carbocycles. The van der Waals surface area contributed by atoms with Gasteiger partial charge in [-0.1, -0.05) is 26.2 Å². The fraction of sp³-hybridized carbons (Fsp3) is 0.370. The molecule has 1 unspecified atom stereocenters. The van der Waals surface area contributed by atoms with Gasteiger partial charge in [0.05, 0.1) is 24.9 Å². The molecule has 1 aromatic heterocycles. The van der Waals surface area contributed by atoms with Crippen molar-refractivity contribution in [3.63, 3.8) is 0 Å². The van der Waals surface area contributed by atoms with E-state index in [1.54, 1.807) is 12.1 Å². The monoisotopic (exact) mass is 493 g/mol. The topological polar surface area (TPSA) is 89.5 Å². The van der Waals surface area contributed by atoms with Crippen LogP contribution < -0.4 is 20.1 Å². The number of thiazole rings is 1. The third kappa shape index (κ3) is 6.60. The van der Waals surface area contributed by atoms with Gasteiger partial charge in [0.1, 0.15) is 11.5 Å². The molecule has 0 saturated heterocycles. The third-order valence-electron chi connectivity index (χ3n) is 5.83. The van der Waals surface area contributed by atoms with Crippen molar-refractivity contribution in [3.8, 4) is 22.8 Å². The number of fused-ring (bicyclic) bond motifs is 1. The molecule has 2 amide bonds. The number of hydrogen-bond acceptors (Lipinski definition) is 6. The van der Waals surface area contributed by atoms with Crippen molar-refractivity contribution in [2.24, 2.45) is 0 Å². The Labute approximate surface area is 209 Å². The van der Waals surface area contributed by atoms with Gasteiger partial charge in [-0.25, -0.2) is 4.98 Å². The highest BCUT2D eigenvalue weighted by Crippen LogP contribution is 2.36. The summed E-state index contributed by atoms with van der Waals surface area (Å²) < 4.78 is 11.5. The van der Waals surface area contributed by atoms with Crippen LogP contribution in [0.5, 0.6) is 11.5 Å². The predicted octanol–water partition coefficient (Wildman–Crippen LogP) is 5.98. The normalized spacial score (nSPS) is 14.5. The summed E-state index contributed by atoms with van der Waals surface area (Å²) in [5.41, 5.74) is 3.15. The number of carbonyl (C=O) groups is 2. The van der Waals surface area contributed by atoms with Gasteiger partial charge < -0.3 is 14.8 Å². The number of carbonyl (C=O) groups excluding carboxylic acids is 2. The van der Waals surface area contributed by atoms with E-state index >= 15 is 0 Å². The molecule has 0 radical (unpaired) electrons. The molecule has 0 spiro atoms. The summed E-state index contributed by atoms with van der Waals surface area (Å²) in [6, 6.07) is 12.9. The van der Waals surface area contributed by atoms with Gasteiger partial charge in [0.15, 0.2) is 5.13 Å². The Balaban J connectivity index is 1.38. The molecule has 2 heterocycles. The summed E-state index contributed by atoms with van der Waals surface area (Å²) in [5.74, 6) is 1.25. The van der Waals surface area contributed by atoms with Crippen molar-refractivity contribution in [2.45, 2.75) is 52.0 Å². The van der Waals surface area contributed by atoms with Crippen LogP contribution >= 0.6 is 11.3 Å². The minimum absolute atomic E-state index is 0.0709. The van der Waals surface area contributed by atoms with Crippen molar-refractivity contribution < 1.29 is 19.1 Å². The number of nitrogens with one attached hydrogen (secondary N) is 2.